The highest BCUT2D eigenvalue weighted by Crippen LogP contribution is 2.25. The van der Waals surface area contributed by atoms with Crippen molar-refractivity contribution in [3.8, 4) is 0 Å². The van der Waals surface area contributed by atoms with Gasteiger partial charge in [-0.25, -0.2) is 0 Å². The van der Waals surface area contributed by atoms with E-state index in [-0.39, 0.29) is 30.1 Å². The monoisotopic (exact) mass is 317 g/mol. The van der Waals surface area contributed by atoms with Gasteiger partial charge in [0.25, 0.3) is 0 Å². The molecule has 1 atom stereocenters. The van der Waals surface area contributed by atoms with Crippen molar-refractivity contribution in [2.45, 2.75) is 32.1 Å². The fourth-order valence-corrected chi connectivity index (χ4v) is 3.20. The molecule has 5 nitrogen and oxygen atoms in total. The third kappa shape index (κ3) is 4.85. The molecule has 0 aliphatic carbocycles. The van der Waals surface area contributed by atoms with Crippen molar-refractivity contribution in [2.75, 3.05) is 40.3 Å². The number of nitrogens with zero attached hydrogens (tertiary/aromatic N) is 2. The van der Waals surface area contributed by atoms with Gasteiger partial charge in [-0.15, -0.1) is 12.4 Å². The molecule has 2 saturated heterocycles. The Morgan fingerprint density at radius 2 is 1.90 bits per heavy atom. The van der Waals surface area contributed by atoms with E-state index < -0.39 is 0 Å². The number of piperidine rings is 2. The van der Waals surface area contributed by atoms with Crippen LogP contribution in [0.1, 0.15) is 32.1 Å². The van der Waals surface area contributed by atoms with Crippen LogP contribution in [0.25, 0.3) is 0 Å². The number of hydrogen-bond donors (Lipinski definition) is 1. The lowest BCUT2D eigenvalue weighted by atomic mass is 9.90. The lowest BCUT2D eigenvalue weighted by Crippen LogP contribution is -2.46. The van der Waals surface area contributed by atoms with Crippen molar-refractivity contribution >= 4 is 24.2 Å². The maximum absolute atomic E-state index is 12.5. The summed E-state index contributed by atoms with van der Waals surface area (Å²) in [6, 6.07) is 0. The van der Waals surface area contributed by atoms with Crippen LogP contribution in [0.3, 0.4) is 0 Å². The third-order valence-electron chi connectivity index (χ3n) is 4.74. The van der Waals surface area contributed by atoms with Gasteiger partial charge in [-0.3, -0.25) is 9.59 Å². The SMILES string of the molecule is CNCCC1CCN(C(=O)C2CCN(C)C(=O)C2)CC1.Cl. The molecule has 2 aliphatic rings. The van der Waals surface area contributed by atoms with Crippen LogP contribution in [0.15, 0.2) is 0 Å². The number of rotatable bonds is 4. The summed E-state index contributed by atoms with van der Waals surface area (Å²) in [5.74, 6) is 0.982. The molecule has 2 rings (SSSR count). The van der Waals surface area contributed by atoms with Crippen LogP contribution >= 0.6 is 12.4 Å². The van der Waals surface area contributed by atoms with E-state index in [4.69, 9.17) is 0 Å². The molecule has 21 heavy (non-hydrogen) atoms. The quantitative estimate of drug-likeness (QED) is 0.845. The Hall–Kier alpha value is -0.810. The number of carbonyl (C=O) groups excluding carboxylic acids is 2. The van der Waals surface area contributed by atoms with Gasteiger partial charge in [0, 0.05) is 39.0 Å². The second-order valence-electron chi connectivity index (χ2n) is 6.17. The minimum absolute atomic E-state index is 0. The zero-order valence-electron chi connectivity index (χ0n) is 13.1. The molecule has 2 amide bonds. The Morgan fingerprint density at radius 3 is 2.48 bits per heavy atom. The van der Waals surface area contributed by atoms with Crippen LogP contribution in [-0.4, -0.2) is 61.9 Å². The van der Waals surface area contributed by atoms with Gasteiger partial charge in [-0.05, 0) is 45.2 Å². The van der Waals surface area contributed by atoms with Crippen LogP contribution in [0.5, 0.6) is 0 Å². The Balaban J connectivity index is 0.00000220. The van der Waals surface area contributed by atoms with Crippen LogP contribution in [0.4, 0.5) is 0 Å². The fourth-order valence-electron chi connectivity index (χ4n) is 3.20. The average Bonchev–Trinajstić information content (AvgIpc) is 2.48. The Morgan fingerprint density at radius 1 is 1.24 bits per heavy atom. The van der Waals surface area contributed by atoms with E-state index in [0.717, 1.165) is 44.8 Å². The number of hydrogen-bond acceptors (Lipinski definition) is 3. The molecule has 0 saturated carbocycles. The van der Waals surface area contributed by atoms with Crippen molar-refractivity contribution in [1.29, 1.82) is 0 Å². The predicted octanol–water partition coefficient (Wildman–Crippen LogP) is 1.12. The maximum atomic E-state index is 12.5. The maximum Gasteiger partial charge on any atom is 0.226 e. The van der Waals surface area contributed by atoms with E-state index in [0.29, 0.717) is 13.0 Å². The molecule has 1 N–H and O–H groups in total. The summed E-state index contributed by atoms with van der Waals surface area (Å²) >= 11 is 0. The highest BCUT2D eigenvalue weighted by atomic mass is 35.5. The van der Waals surface area contributed by atoms with E-state index in [9.17, 15) is 9.59 Å². The number of likely N-dealkylation sites (tertiary alicyclic amines) is 2. The van der Waals surface area contributed by atoms with Gasteiger partial charge in [0.15, 0.2) is 0 Å². The first-order valence-electron chi connectivity index (χ1n) is 7.79. The first-order valence-corrected chi connectivity index (χ1v) is 7.79. The topological polar surface area (TPSA) is 52.7 Å². The number of halogens is 1. The van der Waals surface area contributed by atoms with E-state index >= 15 is 0 Å². The minimum Gasteiger partial charge on any atom is -0.346 e. The summed E-state index contributed by atoms with van der Waals surface area (Å²) in [4.78, 5) is 27.9. The molecule has 2 fully saturated rings. The summed E-state index contributed by atoms with van der Waals surface area (Å²) in [7, 11) is 3.80. The molecule has 122 valence electrons. The van der Waals surface area contributed by atoms with Crippen LogP contribution < -0.4 is 5.32 Å². The molecule has 2 aliphatic heterocycles. The Kier molecular flexibility index (Phi) is 7.46. The minimum atomic E-state index is -0.0763. The molecular weight excluding hydrogens is 290 g/mol. The summed E-state index contributed by atoms with van der Waals surface area (Å²) in [6.07, 6.45) is 4.63. The smallest absolute Gasteiger partial charge is 0.226 e. The van der Waals surface area contributed by atoms with Crippen LogP contribution in [-0.2, 0) is 9.59 Å². The van der Waals surface area contributed by atoms with E-state index in [2.05, 4.69) is 5.32 Å². The highest BCUT2D eigenvalue weighted by molar-refractivity contribution is 5.87. The van der Waals surface area contributed by atoms with E-state index in [1.807, 2.05) is 19.0 Å². The molecule has 1 unspecified atom stereocenters. The first kappa shape index (κ1) is 18.2. The van der Waals surface area contributed by atoms with Crippen molar-refractivity contribution in [3.63, 3.8) is 0 Å². The summed E-state index contributed by atoms with van der Waals surface area (Å²) < 4.78 is 0. The Labute approximate surface area is 133 Å². The molecule has 2 heterocycles. The van der Waals surface area contributed by atoms with Gasteiger partial charge in [-0.2, -0.15) is 0 Å². The zero-order chi connectivity index (χ0) is 14.5. The van der Waals surface area contributed by atoms with Gasteiger partial charge < -0.3 is 15.1 Å². The normalized spacial score (nSPS) is 23.9. The Bertz CT molecular complexity index is 357. The van der Waals surface area contributed by atoms with Gasteiger partial charge in [-0.1, -0.05) is 0 Å². The molecule has 0 spiro atoms. The van der Waals surface area contributed by atoms with Crippen LogP contribution in [0, 0.1) is 11.8 Å². The van der Waals surface area contributed by atoms with Crippen molar-refractivity contribution in [1.82, 2.24) is 15.1 Å². The predicted molar refractivity (Wildman–Crippen MR) is 85.5 cm³/mol. The second kappa shape index (κ2) is 8.59. The zero-order valence-corrected chi connectivity index (χ0v) is 14.0. The number of nitrogens with one attached hydrogen (secondary N) is 1. The summed E-state index contributed by atoms with van der Waals surface area (Å²) in [6.45, 7) is 3.51. The van der Waals surface area contributed by atoms with Crippen molar-refractivity contribution in [3.05, 3.63) is 0 Å². The van der Waals surface area contributed by atoms with E-state index in [1.54, 1.807) is 4.90 Å². The molecule has 0 aromatic heterocycles. The third-order valence-corrected chi connectivity index (χ3v) is 4.74. The molecule has 0 bridgehead atoms. The first-order chi connectivity index (χ1) is 9.61. The molecular formula is C15H28ClN3O2. The molecule has 6 heteroatoms. The molecule has 0 aromatic carbocycles. The average molecular weight is 318 g/mol. The number of carbonyl (C=O) groups is 2. The van der Waals surface area contributed by atoms with E-state index in [1.165, 1.54) is 6.42 Å². The molecule has 0 radical (unpaired) electrons. The lowest BCUT2D eigenvalue weighted by molar-refractivity contribution is -0.145. The van der Waals surface area contributed by atoms with Crippen LogP contribution in [0.2, 0.25) is 0 Å². The van der Waals surface area contributed by atoms with Crippen molar-refractivity contribution < 1.29 is 9.59 Å². The molecule has 0 aromatic rings. The fraction of sp³-hybridized carbons (Fsp3) is 0.867. The highest BCUT2D eigenvalue weighted by Gasteiger charge is 2.32. The summed E-state index contributed by atoms with van der Waals surface area (Å²) in [5.41, 5.74) is 0. The lowest BCUT2D eigenvalue weighted by Gasteiger charge is -2.36. The van der Waals surface area contributed by atoms with Gasteiger partial charge in [0.1, 0.15) is 0 Å². The largest absolute Gasteiger partial charge is 0.346 e. The standard InChI is InChI=1S/C15H27N3O2.ClH/c1-16-7-3-12-4-9-18(10-5-12)15(20)13-6-8-17(2)14(19)11-13;/h12-13,16H,3-11H2,1-2H3;1H. The second-order valence-corrected chi connectivity index (χ2v) is 6.17. The van der Waals surface area contributed by atoms with Crippen molar-refractivity contribution in [2.24, 2.45) is 11.8 Å². The number of amides is 2. The summed E-state index contributed by atoms with van der Waals surface area (Å²) in [5, 5.41) is 3.19. The van der Waals surface area contributed by atoms with Gasteiger partial charge >= 0.3 is 0 Å². The van der Waals surface area contributed by atoms with Gasteiger partial charge in [0.2, 0.25) is 11.8 Å². The van der Waals surface area contributed by atoms with Gasteiger partial charge in [0.05, 0.1) is 0 Å².